The topological polar surface area (TPSA) is 56.6 Å². The number of hydrogen-bond donors (Lipinski definition) is 2. The fourth-order valence-electron chi connectivity index (χ4n) is 3.37. The Balaban J connectivity index is 1.83. The van der Waals surface area contributed by atoms with E-state index in [-0.39, 0.29) is 18.6 Å². The van der Waals surface area contributed by atoms with Crippen LogP contribution in [0.4, 0.5) is 0 Å². The van der Waals surface area contributed by atoms with Crippen molar-refractivity contribution in [1.29, 1.82) is 0 Å². The second-order valence-electron chi connectivity index (χ2n) is 5.95. The van der Waals surface area contributed by atoms with Gasteiger partial charge in [0.1, 0.15) is 0 Å². The van der Waals surface area contributed by atoms with Gasteiger partial charge >= 0.3 is 0 Å². The third-order valence-electron chi connectivity index (χ3n) is 4.57. The molecule has 0 amide bonds. The van der Waals surface area contributed by atoms with E-state index < -0.39 is 6.10 Å². The molecule has 2 heterocycles. The Bertz CT molecular complexity index is 617. The molecule has 1 fully saturated rings. The van der Waals surface area contributed by atoms with Gasteiger partial charge in [0.15, 0.2) is 0 Å². The molecule has 0 saturated carbocycles. The predicted octanol–water partition coefficient (Wildman–Crippen LogP) is 1.71. The van der Waals surface area contributed by atoms with Crippen molar-refractivity contribution in [3.05, 3.63) is 65.5 Å². The summed E-state index contributed by atoms with van der Waals surface area (Å²) >= 11 is 0. The highest BCUT2D eigenvalue weighted by Crippen LogP contribution is 2.34. The lowest BCUT2D eigenvalue weighted by Crippen LogP contribution is -2.38. The third kappa shape index (κ3) is 2.90. The van der Waals surface area contributed by atoms with Gasteiger partial charge in [-0.3, -0.25) is 9.88 Å². The molecule has 2 N–H and O–H groups in total. The van der Waals surface area contributed by atoms with E-state index in [0.717, 1.165) is 17.8 Å². The number of nitrogens with zero attached hydrogens (tertiary/aromatic N) is 2. The fraction of sp³-hybridized carbons (Fsp3) is 0.389. The maximum Gasteiger partial charge on any atom is 0.0798 e. The molecule has 3 atom stereocenters. The highest BCUT2D eigenvalue weighted by Gasteiger charge is 2.41. The Hall–Kier alpha value is -1.75. The molecular weight excluding hydrogens is 276 g/mol. The Morgan fingerprint density at radius 3 is 2.64 bits per heavy atom. The van der Waals surface area contributed by atoms with Crippen LogP contribution in [-0.2, 0) is 6.54 Å². The van der Waals surface area contributed by atoms with Gasteiger partial charge in [0.25, 0.3) is 0 Å². The minimum Gasteiger partial charge on any atom is -0.395 e. The first-order valence-electron chi connectivity index (χ1n) is 7.69. The normalized spacial score (nSPS) is 25.5. The molecule has 0 unspecified atom stereocenters. The van der Waals surface area contributed by atoms with E-state index in [1.807, 2.05) is 30.3 Å². The third-order valence-corrected chi connectivity index (χ3v) is 4.57. The molecule has 0 radical (unpaired) electrons. The zero-order chi connectivity index (χ0) is 15.5. The van der Waals surface area contributed by atoms with Crippen LogP contribution in [0.3, 0.4) is 0 Å². The monoisotopic (exact) mass is 298 g/mol. The van der Waals surface area contributed by atoms with E-state index >= 15 is 0 Å². The standard InChI is InChI=1S/C18H22N2O2/c1-13-6-2-3-8-15(13)16-11-20(17(12-21)18(16)22)10-14-7-4-5-9-19-14/h2-9,16-18,21-22H,10-12H2,1H3/t16-,17-,18-/m1/s1. The summed E-state index contributed by atoms with van der Waals surface area (Å²) in [5, 5.41) is 20.3. The van der Waals surface area contributed by atoms with Crippen LogP contribution in [0.2, 0.25) is 0 Å². The van der Waals surface area contributed by atoms with Crippen molar-refractivity contribution in [1.82, 2.24) is 9.88 Å². The Kier molecular flexibility index (Phi) is 4.52. The van der Waals surface area contributed by atoms with Gasteiger partial charge in [-0.15, -0.1) is 0 Å². The summed E-state index contributed by atoms with van der Waals surface area (Å²) in [7, 11) is 0. The molecule has 4 heteroatoms. The van der Waals surface area contributed by atoms with E-state index in [4.69, 9.17) is 0 Å². The number of hydrogen-bond acceptors (Lipinski definition) is 4. The van der Waals surface area contributed by atoms with Crippen molar-refractivity contribution in [2.24, 2.45) is 0 Å². The lowest BCUT2D eigenvalue weighted by molar-refractivity contribution is 0.0636. The largest absolute Gasteiger partial charge is 0.395 e. The second kappa shape index (κ2) is 6.57. The van der Waals surface area contributed by atoms with Crippen LogP contribution in [0.5, 0.6) is 0 Å². The number of benzene rings is 1. The van der Waals surface area contributed by atoms with Crippen LogP contribution in [0.15, 0.2) is 48.7 Å². The molecule has 1 aromatic carbocycles. The smallest absolute Gasteiger partial charge is 0.0798 e. The number of aliphatic hydroxyl groups excluding tert-OH is 2. The first-order valence-corrected chi connectivity index (χ1v) is 7.69. The maximum atomic E-state index is 10.7. The SMILES string of the molecule is Cc1ccccc1[C@H]1CN(Cc2ccccn2)[C@H](CO)[C@@H]1O. The molecule has 0 bridgehead atoms. The number of pyridine rings is 1. The number of likely N-dealkylation sites (tertiary alicyclic amines) is 1. The molecule has 4 nitrogen and oxygen atoms in total. The summed E-state index contributed by atoms with van der Waals surface area (Å²) in [4.78, 5) is 6.48. The van der Waals surface area contributed by atoms with Crippen molar-refractivity contribution < 1.29 is 10.2 Å². The molecular formula is C18H22N2O2. The summed E-state index contributed by atoms with van der Waals surface area (Å²) in [5.74, 6) is 0.0297. The van der Waals surface area contributed by atoms with Gasteiger partial charge in [0, 0.05) is 25.2 Å². The van der Waals surface area contributed by atoms with Crippen molar-refractivity contribution in [3.8, 4) is 0 Å². The summed E-state index contributed by atoms with van der Waals surface area (Å²) < 4.78 is 0. The number of aromatic nitrogens is 1. The van der Waals surface area contributed by atoms with Crippen LogP contribution in [0.25, 0.3) is 0 Å². The summed E-state index contributed by atoms with van der Waals surface area (Å²) in [5.41, 5.74) is 3.30. The molecule has 22 heavy (non-hydrogen) atoms. The van der Waals surface area contributed by atoms with Crippen LogP contribution in [0.1, 0.15) is 22.7 Å². The first-order chi connectivity index (χ1) is 10.7. The van der Waals surface area contributed by atoms with E-state index in [9.17, 15) is 10.2 Å². The number of aryl methyl sites for hydroxylation is 1. The minimum atomic E-state index is -0.560. The average molecular weight is 298 g/mol. The van der Waals surface area contributed by atoms with Gasteiger partial charge in [0.05, 0.1) is 24.4 Å². The zero-order valence-electron chi connectivity index (χ0n) is 12.8. The van der Waals surface area contributed by atoms with Crippen LogP contribution in [-0.4, -0.2) is 45.4 Å². The minimum absolute atomic E-state index is 0.0297. The molecule has 0 spiro atoms. The summed E-state index contributed by atoms with van der Waals surface area (Å²) in [6.45, 7) is 3.40. The van der Waals surface area contributed by atoms with Gasteiger partial charge in [-0.1, -0.05) is 30.3 Å². The molecule has 1 aliphatic heterocycles. The van der Waals surface area contributed by atoms with E-state index in [1.165, 1.54) is 5.56 Å². The zero-order valence-corrected chi connectivity index (χ0v) is 12.8. The molecule has 1 aromatic heterocycles. The fourth-order valence-corrected chi connectivity index (χ4v) is 3.37. The van der Waals surface area contributed by atoms with Crippen molar-refractivity contribution >= 4 is 0 Å². The van der Waals surface area contributed by atoms with Crippen molar-refractivity contribution in [3.63, 3.8) is 0 Å². The molecule has 2 aromatic rings. The maximum absolute atomic E-state index is 10.7. The van der Waals surface area contributed by atoms with E-state index in [0.29, 0.717) is 6.54 Å². The highest BCUT2D eigenvalue weighted by atomic mass is 16.3. The highest BCUT2D eigenvalue weighted by molar-refractivity contribution is 5.32. The van der Waals surface area contributed by atoms with E-state index in [2.05, 4.69) is 28.9 Å². The Morgan fingerprint density at radius 2 is 1.95 bits per heavy atom. The van der Waals surface area contributed by atoms with Crippen molar-refractivity contribution in [2.75, 3.05) is 13.2 Å². The van der Waals surface area contributed by atoms with Gasteiger partial charge < -0.3 is 10.2 Å². The molecule has 116 valence electrons. The molecule has 3 rings (SSSR count). The molecule has 0 aliphatic carbocycles. The van der Waals surface area contributed by atoms with Gasteiger partial charge in [-0.05, 0) is 30.2 Å². The molecule has 1 saturated heterocycles. The van der Waals surface area contributed by atoms with Crippen LogP contribution < -0.4 is 0 Å². The van der Waals surface area contributed by atoms with Gasteiger partial charge in [0.2, 0.25) is 0 Å². The van der Waals surface area contributed by atoms with Crippen LogP contribution >= 0.6 is 0 Å². The first kappa shape index (κ1) is 15.2. The summed E-state index contributed by atoms with van der Waals surface area (Å²) in [6, 6.07) is 13.7. The lowest BCUT2D eigenvalue weighted by Gasteiger charge is -2.23. The predicted molar refractivity (Wildman–Crippen MR) is 85.4 cm³/mol. The number of aliphatic hydroxyl groups is 2. The Labute approximate surface area is 131 Å². The van der Waals surface area contributed by atoms with Gasteiger partial charge in [-0.25, -0.2) is 0 Å². The van der Waals surface area contributed by atoms with E-state index in [1.54, 1.807) is 6.20 Å². The average Bonchev–Trinajstić information content (AvgIpc) is 2.84. The van der Waals surface area contributed by atoms with Crippen molar-refractivity contribution in [2.45, 2.75) is 31.5 Å². The Morgan fingerprint density at radius 1 is 1.18 bits per heavy atom. The quantitative estimate of drug-likeness (QED) is 0.902. The summed E-state index contributed by atoms with van der Waals surface area (Å²) in [6.07, 6.45) is 1.21. The number of rotatable bonds is 4. The van der Waals surface area contributed by atoms with Crippen LogP contribution in [0, 0.1) is 6.92 Å². The molecule has 1 aliphatic rings. The van der Waals surface area contributed by atoms with Gasteiger partial charge in [-0.2, -0.15) is 0 Å². The lowest BCUT2D eigenvalue weighted by atomic mass is 9.90. The second-order valence-corrected chi connectivity index (χ2v) is 5.95.